The van der Waals surface area contributed by atoms with Crippen molar-refractivity contribution in [1.82, 2.24) is 15.5 Å². The summed E-state index contributed by atoms with van der Waals surface area (Å²) in [5.41, 5.74) is 0. The van der Waals surface area contributed by atoms with Gasteiger partial charge in [-0.3, -0.25) is 0 Å². The number of aryl methyl sites for hydroxylation is 1. The van der Waals surface area contributed by atoms with Gasteiger partial charge >= 0.3 is 0 Å². The number of rotatable bonds is 5. The molecule has 0 amide bonds. The fourth-order valence-electron chi connectivity index (χ4n) is 2.48. The SMILES string of the molecule is Cc1noc(CCNCC2CCC(C)CC2)n1. The molecular weight excluding hydrogens is 214 g/mol. The number of hydrogen-bond donors (Lipinski definition) is 1. The van der Waals surface area contributed by atoms with E-state index in [1.54, 1.807) is 0 Å². The number of nitrogens with one attached hydrogen (secondary N) is 1. The van der Waals surface area contributed by atoms with E-state index in [0.29, 0.717) is 0 Å². The van der Waals surface area contributed by atoms with Gasteiger partial charge in [-0.25, -0.2) is 0 Å². The highest BCUT2D eigenvalue weighted by Gasteiger charge is 2.17. The zero-order valence-electron chi connectivity index (χ0n) is 10.9. The van der Waals surface area contributed by atoms with Gasteiger partial charge in [0, 0.05) is 13.0 Å². The molecule has 1 aromatic heterocycles. The van der Waals surface area contributed by atoms with Gasteiger partial charge in [-0.05, 0) is 38.1 Å². The second-order valence-electron chi connectivity index (χ2n) is 5.32. The molecule has 1 aromatic rings. The van der Waals surface area contributed by atoms with Gasteiger partial charge in [0.2, 0.25) is 5.89 Å². The second kappa shape index (κ2) is 6.15. The number of aromatic nitrogens is 2. The summed E-state index contributed by atoms with van der Waals surface area (Å²) in [6.45, 7) is 6.29. The number of nitrogens with zero attached hydrogens (tertiary/aromatic N) is 2. The summed E-state index contributed by atoms with van der Waals surface area (Å²) < 4.78 is 5.07. The average molecular weight is 237 g/mol. The average Bonchev–Trinajstić information content (AvgIpc) is 2.73. The van der Waals surface area contributed by atoms with E-state index in [1.807, 2.05) is 6.92 Å². The molecule has 0 atom stereocenters. The molecule has 1 saturated carbocycles. The summed E-state index contributed by atoms with van der Waals surface area (Å²) in [7, 11) is 0. The highest BCUT2D eigenvalue weighted by Crippen LogP contribution is 2.27. The van der Waals surface area contributed by atoms with E-state index in [-0.39, 0.29) is 0 Å². The first-order chi connectivity index (χ1) is 8.24. The summed E-state index contributed by atoms with van der Waals surface area (Å²) in [6.07, 6.45) is 6.40. The molecule has 96 valence electrons. The normalized spacial score (nSPS) is 25.1. The first-order valence-corrected chi connectivity index (χ1v) is 6.74. The van der Waals surface area contributed by atoms with Crippen molar-refractivity contribution in [3.63, 3.8) is 0 Å². The van der Waals surface area contributed by atoms with Crippen LogP contribution in [0.5, 0.6) is 0 Å². The molecule has 2 rings (SSSR count). The van der Waals surface area contributed by atoms with Crippen LogP contribution >= 0.6 is 0 Å². The lowest BCUT2D eigenvalue weighted by Gasteiger charge is -2.26. The van der Waals surface area contributed by atoms with Crippen LogP contribution in [0.2, 0.25) is 0 Å². The van der Waals surface area contributed by atoms with Gasteiger partial charge in [0.05, 0.1) is 0 Å². The Bertz CT molecular complexity index is 329. The van der Waals surface area contributed by atoms with Crippen LogP contribution in [0.4, 0.5) is 0 Å². The van der Waals surface area contributed by atoms with E-state index in [9.17, 15) is 0 Å². The van der Waals surface area contributed by atoms with Gasteiger partial charge in [-0.2, -0.15) is 4.98 Å². The zero-order chi connectivity index (χ0) is 12.1. The molecule has 17 heavy (non-hydrogen) atoms. The third-order valence-corrected chi connectivity index (χ3v) is 3.65. The van der Waals surface area contributed by atoms with Gasteiger partial charge in [0.1, 0.15) is 0 Å². The molecule has 0 spiro atoms. The molecule has 0 bridgehead atoms. The van der Waals surface area contributed by atoms with Crippen molar-refractivity contribution in [2.45, 2.75) is 46.0 Å². The van der Waals surface area contributed by atoms with Crippen molar-refractivity contribution in [3.8, 4) is 0 Å². The standard InChI is InChI=1S/C13H23N3O/c1-10-3-5-12(6-4-10)9-14-8-7-13-15-11(2)16-17-13/h10,12,14H,3-9H2,1-2H3. The smallest absolute Gasteiger partial charge is 0.227 e. The minimum absolute atomic E-state index is 0.723. The predicted molar refractivity (Wildman–Crippen MR) is 66.7 cm³/mol. The Morgan fingerprint density at radius 3 is 2.71 bits per heavy atom. The Morgan fingerprint density at radius 1 is 1.29 bits per heavy atom. The Balaban J connectivity index is 1.57. The third kappa shape index (κ3) is 4.11. The lowest BCUT2D eigenvalue weighted by Crippen LogP contribution is -2.27. The van der Waals surface area contributed by atoms with Crippen molar-refractivity contribution in [2.24, 2.45) is 11.8 Å². The van der Waals surface area contributed by atoms with Crippen molar-refractivity contribution < 1.29 is 4.52 Å². The molecule has 1 fully saturated rings. The molecule has 0 aromatic carbocycles. The Kier molecular flexibility index (Phi) is 4.54. The first-order valence-electron chi connectivity index (χ1n) is 6.74. The van der Waals surface area contributed by atoms with Gasteiger partial charge in [-0.15, -0.1) is 0 Å². The largest absolute Gasteiger partial charge is 0.339 e. The molecule has 4 nitrogen and oxygen atoms in total. The van der Waals surface area contributed by atoms with Crippen LogP contribution in [0.25, 0.3) is 0 Å². The lowest BCUT2D eigenvalue weighted by molar-refractivity contribution is 0.281. The third-order valence-electron chi connectivity index (χ3n) is 3.65. The molecule has 0 saturated heterocycles. The maximum absolute atomic E-state index is 5.07. The topological polar surface area (TPSA) is 51.0 Å². The van der Waals surface area contributed by atoms with E-state index < -0.39 is 0 Å². The monoisotopic (exact) mass is 237 g/mol. The van der Waals surface area contributed by atoms with Gasteiger partial charge in [-0.1, -0.05) is 24.9 Å². The highest BCUT2D eigenvalue weighted by atomic mass is 16.5. The molecular formula is C13H23N3O. The minimum atomic E-state index is 0.723. The number of hydrogen-bond acceptors (Lipinski definition) is 4. The maximum atomic E-state index is 5.07. The van der Waals surface area contributed by atoms with Gasteiger partial charge in [0.15, 0.2) is 5.82 Å². The summed E-state index contributed by atoms with van der Waals surface area (Å²) in [5.74, 6) is 3.27. The highest BCUT2D eigenvalue weighted by molar-refractivity contribution is 4.83. The summed E-state index contributed by atoms with van der Waals surface area (Å²) >= 11 is 0. The van der Waals surface area contributed by atoms with Crippen molar-refractivity contribution in [1.29, 1.82) is 0 Å². The van der Waals surface area contributed by atoms with Crippen LogP contribution in [-0.2, 0) is 6.42 Å². The molecule has 1 N–H and O–H groups in total. The van der Waals surface area contributed by atoms with Crippen LogP contribution in [0.1, 0.15) is 44.3 Å². The Labute approximate surface area is 103 Å². The molecule has 1 aliphatic rings. The van der Waals surface area contributed by atoms with Crippen LogP contribution in [0.15, 0.2) is 4.52 Å². The molecule has 0 radical (unpaired) electrons. The van der Waals surface area contributed by atoms with Crippen LogP contribution in [-0.4, -0.2) is 23.2 Å². The van der Waals surface area contributed by atoms with Crippen molar-refractivity contribution in [2.75, 3.05) is 13.1 Å². The van der Waals surface area contributed by atoms with Crippen molar-refractivity contribution in [3.05, 3.63) is 11.7 Å². The van der Waals surface area contributed by atoms with Crippen LogP contribution < -0.4 is 5.32 Å². The summed E-state index contributed by atoms with van der Waals surface area (Å²) in [6, 6.07) is 0. The van der Waals surface area contributed by atoms with E-state index in [1.165, 1.54) is 25.7 Å². The van der Waals surface area contributed by atoms with E-state index in [2.05, 4.69) is 22.4 Å². The quantitative estimate of drug-likeness (QED) is 0.799. The maximum Gasteiger partial charge on any atom is 0.227 e. The molecule has 0 unspecified atom stereocenters. The first kappa shape index (κ1) is 12.6. The zero-order valence-corrected chi connectivity index (χ0v) is 10.9. The van der Waals surface area contributed by atoms with Gasteiger partial charge in [0.25, 0.3) is 0 Å². The second-order valence-corrected chi connectivity index (χ2v) is 5.32. The van der Waals surface area contributed by atoms with Gasteiger partial charge < -0.3 is 9.84 Å². The van der Waals surface area contributed by atoms with Crippen LogP contribution in [0, 0.1) is 18.8 Å². The van der Waals surface area contributed by atoms with Crippen LogP contribution in [0.3, 0.4) is 0 Å². The Hall–Kier alpha value is -0.900. The molecule has 1 aliphatic carbocycles. The van der Waals surface area contributed by atoms with E-state index in [4.69, 9.17) is 4.52 Å². The van der Waals surface area contributed by atoms with Crippen molar-refractivity contribution >= 4 is 0 Å². The predicted octanol–water partition coefficient (Wildman–Crippen LogP) is 2.34. The molecule has 1 heterocycles. The lowest BCUT2D eigenvalue weighted by atomic mass is 9.83. The fraction of sp³-hybridized carbons (Fsp3) is 0.846. The summed E-state index contributed by atoms with van der Waals surface area (Å²) in [4.78, 5) is 4.19. The van der Waals surface area contributed by atoms with E-state index >= 15 is 0 Å². The summed E-state index contributed by atoms with van der Waals surface area (Å²) in [5, 5.41) is 7.28. The molecule has 4 heteroatoms. The fourth-order valence-corrected chi connectivity index (χ4v) is 2.48. The Morgan fingerprint density at radius 2 is 2.06 bits per heavy atom. The minimum Gasteiger partial charge on any atom is -0.339 e. The van der Waals surface area contributed by atoms with E-state index in [0.717, 1.165) is 43.1 Å². The molecule has 0 aliphatic heterocycles.